The number of anilines is 2. The van der Waals surface area contributed by atoms with Crippen LogP contribution in [0.15, 0.2) is 66.7 Å². The van der Waals surface area contributed by atoms with Crippen LogP contribution in [0.25, 0.3) is 0 Å². The summed E-state index contributed by atoms with van der Waals surface area (Å²) >= 11 is 0. The molecular formula is C21H22N2. The molecule has 0 spiro atoms. The molecule has 4 N–H and O–H groups in total. The van der Waals surface area contributed by atoms with E-state index in [1.165, 1.54) is 22.3 Å². The second-order valence-electron chi connectivity index (χ2n) is 5.98. The topological polar surface area (TPSA) is 52.0 Å². The molecule has 0 atom stereocenters. The predicted octanol–water partition coefficient (Wildman–Crippen LogP) is 4.34. The highest BCUT2D eigenvalue weighted by Crippen LogP contribution is 2.31. The first-order valence-corrected chi connectivity index (χ1v) is 7.89. The van der Waals surface area contributed by atoms with Crippen LogP contribution in [0.4, 0.5) is 11.4 Å². The Hall–Kier alpha value is -2.74. The monoisotopic (exact) mass is 302 g/mol. The molecule has 0 radical (unpaired) electrons. The van der Waals surface area contributed by atoms with E-state index in [0.717, 1.165) is 18.4 Å². The van der Waals surface area contributed by atoms with Crippen molar-refractivity contribution in [3.8, 4) is 0 Å². The third-order valence-electron chi connectivity index (χ3n) is 4.30. The summed E-state index contributed by atoms with van der Waals surface area (Å²) in [7, 11) is 0. The summed E-state index contributed by atoms with van der Waals surface area (Å²) in [6, 6.07) is 22.9. The van der Waals surface area contributed by atoms with Gasteiger partial charge in [0.15, 0.2) is 0 Å². The van der Waals surface area contributed by atoms with E-state index in [0.29, 0.717) is 11.4 Å². The maximum absolute atomic E-state index is 6.33. The van der Waals surface area contributed by atoms with Crippen LogP contribution in [0.5, 0.6) is 0 Å². The summed E-state index contributed by atoms with van der Waals surface area (Å²) in [5.74, 6) is 0. The Kier molecular flexibility index (Phi) is 4.33. The fourth-order valence-electron chi connectivity index (χ4n) is 3.02. The Morgan fingerprint density at radius 3 is 1.70 bits per heavy atom. The van der Waals surface area contributed by atoms with Gasteiger partial charge in [0.25, 0.3) is 0 Å². The van der Waals surface area contributed by atoms with E-state index >= 15 is 0 Å². The van der Waals surface area contributed by atoms with Crippen molar-refractivity contribution >= 4 is 11.4 Å². The van der Waals surface area contributed by atoms with Gasteiger partial charge >= 0.3 is 0 Å². The number of rotatable bonds is 4. The summed E-state index contributed by atoms with van der Waals surface area (Å²) in [6.07, 6.45) is 1.68. The Morgan fingerprint density at radius 1 is 0.696 bits per heavy atom. The lowest BCUT2D eigenvalue weighted by molar-refractivity contribution is 1.07. The molecule has 0 bridgehead atoms. The third-order valence-corrected chi connectivity index (χ3v) is 4.30. The molecular weight excluding hydrogens is 280 g/mol. The van der Waals surface area contributed by atoms with Crippen molar-refractivity contribution in [2.24, 2.45) is 0 Å². The molecule has 116 valence electrons. The standard InChI is InChI=1S/C21H22N2/c1-15-12-20(22)21(23)19(14-17-10-6-3-7-11-17)18(15)13-16-8-4-2-5-9-16/h2-12H,13-14,22-23H2,1H3. The zero-order valence-corrected chi connectivity index (χ0v) is 13.4. The normalized spacial score (nSPS) is 10.7. The smallest absolute Gasteiger partial charge is 0.0586 e. The zero-order valence-electron chi connectivity index (χ0n) is 13.4. The van der Waals surface area contributed by atoms with Crippen LogP contribution >= 0.6 is 0 Å². The molecule has 0 fully saturated rings. The maximum atomic E-state index is 6.33. The van der Waals surface area contributed by atoms with Crippen LogP contribution in [0, 0.1) is 6.92 Å². The van der Waals surface area contributed by atoms with Crippen molar-refractivity contribution in [3.63, 3.8) is 0 Å². The van der Waals surface area contributed by atoms with Crippen LogP contribution in [0.3, 0.4) is 0 Å². The maximum Gasteiger partial charge on any atom is 0.0586 e. The lowest BCUT2D eigenvalue weighted by atomic mass is 9.90. The molecule has 0 aromatic heterocycles. The minimum Gasteiger partial charge on any atom is -0.397 e. The van der Waals surface area contributed by atoms with Crippen molar-refractivity contribution in [3.05, 3.63) is 94.5 Å². The second-order valence-corrected chi connectivity index (χ2v) is 5.98. The summed E-state index contributed by atoms with van der Waals surface area (Å²) in [4.78, 5) is 0. The molecule has 0 aliphatic heterocycles. The van der Waals surface area contributed by atoms with E-state index in [2.05, 4.69) is 55.5 Å². The molecule has 0 unspecified atom stereocenters. The zero-order chi connectivity index (χ0) is 16.2. The van der Waals surface area contributed by atoms with Crippen LogP contribution in [-0.2, 0) is 12.8 Å². The molecule has 0 aliphatic rings. The van der Waals surface area contributed by atoms with Crippen LogP contribution in [-0.4, -0.2) is 0 Å². The van der Waals surface area contributed by atoms with Crippen molar-refractivity contribution in [2.75, 3.05) is 11.5 Å². The summed E-state index contributed by atoms with van der Waals surface area (Å²) < 4.78 is 0. The first kappa shape index (κ1) is 15.2. The first-order chi connectivity index (χ1) is 11.1. The van der Waals surface area contributed by atoms with E-state index in [1.54, 1.807) is 0 Å². The Morgan fingerprint density at radius 2 is 1.17 bits per heavy atom. The number of hydrogen-bond acceptors (Lipinski definition) is 2. The van der Waals surface area contributed by atoms with Crippen molar-refractivity contribution in [2.45, 2.75) is 19.8 Å². The van der Waals surface area contributed by atoms with Gasteiger partial charge in [0.1, 0.15) is 0 Å². The molecule has 2 heteroatoms. The highest BCUT2D eigenvalue weighted by Gasteiger charge is 2.14. The quantitative estimate of drug-likeness (QED) is 0.704. The molecule has 0 amide bonds. The van der Waals surface area contributed by atoms with Gasteiger partial charge in [0.05, 0.1) is 11.4 Å². The highest BCUT2D eigenvalue weighted by atomic mass is 14.7. The predicted molar refractivity (Wildman–Crippen MR) is 98.5 cm³/mol. The molecule has 0 heterocycles. The second kappa shape index (κ2) is 6.57. The Bertz CT molecular complexity index is 793. The van der Waals surface area contributed by atoms with Gasteiger partial charge < -0.3 is 11.5 Å². The van der Waals surface area contributed by atoms with Gasteiger partial charge in [-0.15, -0.1) is 0 Å². The Labute approximate surface area is 137 Å². The van der Waals surface area contributed by atoms with Crippen LogP contribution < -0.4 is 11.5 Å². The molecule has 0 aliphatic carbocycles. The number of hydrogen-bond donors (Lipinski definition) is 2. The van der Waals surface area contributed by atoms with Gasteiger partial charge in [0, 0.05) is 0 Å². The van der Waals surface area contributed by atoms with Gasteiger partial charge in [0.2, 0.25) is 0 Å². The lowest BCUT2D eigenvalue weighted by Crippen LogP contribution is -2.08. The minimum atomic E-state index is 0.672. The SMILES string of the molecule is Cc1cc(N)c(N)c(Cc2ccccc2)c1Cc1ccccc1. The first-order valence-electron chi connectivity index (χ1n) is 7.89. The van der Waals surface area contributed by atoms with E-state index in [9.17, 15) is 0 Å². The van der Waals surface area contributed by atoms with Gasteiger partial charge in [-0.2, -0.15) is 0 Å². The van der Waals surface area contributed by atoms with Gasteiger partial charge in [-0.1, -0.05) is 60.7 Å². The van der Waals surface area contributed by atoms with E-state index in [4.69, 9.17) is 11.5 Å². The van der Waals surface area contributed by atoms with Gasteiger partial charge in [-0.3, -0.25) is 0 Å². The molecule has 2 nitrogen and oxygen atoms in total. The molecule has 0 saturated carbocycles. The lowest BCUT2D eigenvalue weighted by Gasteiger charge is -2.18. The third kappa shape index (κ3) is 3.37. The fraction of sp³-hybridized carbons (Fsp3) is 0.143. The number of nitrogens with two attached hydrogens (primary N) is 2. The van der Waals surface area contributed by atoms with E-state index in [-0.39, 0.29) is 0 Å². The molecule has 23 heavy (non-hydrogen) atoms. The minimum absolute atomic E-state index is 0.672. The number of benzene rings is 3. The Balaban J connectivity index is 2.05. The molecule has 3 aromatic carbocycles. The van der Waals surface area contributed by atoms with Crippen molar-refractivity contribution in [1.82, 2.24) is 0 Å². The van der Waals surface area contributed by atoms with Crippen molar-refractivity contribution in [1.29, 1.82) is 0 Å². The van der Waals surface area contributed by atoms with E-state index < -0.39 is 0 Å². The fourth-order valence-corrected chi connectivity index (χ4v) is 3.02. The van der Waals surface area contributed by atoms with Crippen molar-refractivity contribution < 1.29 is 0 Å². The number of aryl methyl sites for hydroxylation is 1. The average molecular weight is 302 g/mol. The largest absolute Gasteiger partial charge is 0.397 e. The molecule has 3 rings (SSSR count). The average Bonchev–Trinajstić information content (AvgIpc) is 2.58. The number of nitrogen functional groups attached to an aromatic ring is 2. The van der Waals surface area contributed by atoms with Gasteiger partial charge in [-0.05, 0) is 53.6 Å². The summed E-state index contributed by atoms with van der Waals surface area (Å²) in [5, 5.41) is 0. The van der Waals surface area contributed by atoms with Crippen LogP contribution in [0.1, 0.15) is 27.8 Å². The van der Waals surface area contributed by atoms with Crippen LogP contribution in [0.2, 0.25) is 0 Å². The summed E-state index contributed by atoms with van der Waals surface area (Å²) in [5.41, 5.74) is 20.0. The molecule has 3 aromatic rings. The molecule has 0 saturated heterocycles. The van der Waals surface area contributed by atoms with E-state index in [1.807, 2.05) is 18.2 Å². The van der Waals surface area contributed by atoms with Gasteiger partial charge in [-0.25, -0.2) is 0 Å². The highest BCUT2D eigenvalue weighted by molar-refractivity contribution is 5.72. The summed E-state index contributed by atoms with van der Waals surface area (Å²) in [6.45, 7) is 2.11.